The van der Waals surface area contributed by atoms with Crippen LogP contribution in [0.2, 0.25) is 259 Å². The van der Waals surface area contributed by atoms with Crippen LogP contribution in [0.3, 0.4) is 0 Å². The second kappa shape index (κ2) is 64.9. The molecule has 0 saturated heterocycles. The molecule has 5 N–H and O–H groups in total. The summed E-state index contributed by atoms with van der Waals surface area (Å²) in [5, 5.41) is 27.6. The van der Waals surface area contributed by atoms with Crippen molar-refractivity contribution >= 4 is 175 Å². The lowest BCUT2D eigenvalue weighted by Crippen LogP contribution is -2.60. The zero-order valence-corrected chi connectivity index (χ0v) is 107. The maximum Gasteiger partial charge on any atom is 0.389 e. The molecule has 6 unspecified atom stereocenters. The van der Waals surface area contributed by atoms with Crippen LogP contribution in [0.1, 0.15) is 80.1 Å². The molecule has 0 aromatic carbocycles. The van der Waals surface area contributed by atoms with E-state index in [0.29, 0.717) is 46.2 Å². The van der Waals surface area contributed by atoms with E-state index in [4.69, 9.17) is 102 Å². The molecule has 0 aliphatic carbocycles. The van der Waals surface area contributed by atoms with Gasteiger partial charge in [0.15, 0.2) is 52.8 Å². The maximum atomic E-state index is 13.5. The van der Waals surface area contributed by atoms with Gasteiger partial charge in [0.05, 0.1) is 82.9 Å². The first-order valence-corrected chi connectivity index (χ1v) is 99.0. The van der Waals surface area contributed by atoms with Gasteiger partial charge in [0.2, 0.25) is 0 Å². The minimum Gasteiger partial charge on any atom is -0.440 e. The largest absolute Gasteiger partial charge is 0.440 e. The summed E-state index contributed by atoms with van der Waals surface area (Å²) in [6, 6.07) is 0.789. The molecule has 6 atom stereocenters. The van der Waals surface area contributed by atoms with Gasteiger partial charge in [-0.2, -0.15) is 63.8 Å². The van der Waals surface area contributed by atoms with Crippen molar-refractivity contribution in [3.05, 3.63) is 12.7 Å². The van der Waals surface area contributed by atoms with E-state index in [2.05, 4.69) is 45.9 Å². The molecule has 0 amide bonds. The number of halogens is 13. The first kappa shape index (κ1) is 143. The van der Waals surface area contributed by atoms with Gasteiger partial charge in [-0.25, -0.2) is 0 Å². The fraction of sp³-hybridized carbons (Fsp3) is 0.973. The molecule has 0 aromatic heterocycles. The summed E-state index contributed by atoms with van der Waals surface area (Å²) in [6.45, 7) is 82.0. The summed E-state index contributed by atoms with van der Waals surface area (Å²) in [6.07, 6.45) is -19.3. The van der Waals surface area contributed by atoms with Crippen LogP contribution in [0.5, 0.6) is 0 Å². The Labute approximate surface area is 805 Å². The normalized spacial score (nSPS) is 15.7. The molecular weight excluding hydrogens is 2070 g/mol. The third-order valence-corrected chi connectivity index (χ3v) is 77.9. The highest BCUT2D eigenvalue weighted by Gasteiger charge is 2.53. The number of hydrogen-bond donors (Lipinski definition) is 5. The van der Waals surface area contributed by atoms with Gasteiger partial charge in [-0.1, -0.05) is 19.2 Å². The van der Waals surface area contributed by atoms with Gasteiger partial charge in [0.25, 0.3) is 0 Å². The Balaban J connectivity index is -0.000000396. The summed E-state index contributed by atoms with van der Waals surface area (Å²) in [4.78, 5) is 19.4. The number of aliphatic hydroxyl groups is 3. The predicted octanol–water partition coefficient (Wildman–Crippen LogP) is 20.8. The van der Waals surface area contributed by atoms with E-state index < -0.39 is 232 Å². The summed E-state index contributed by atoms with van der Waals surface area (Å²) >= 11 is 5.41. The Bertz CT molecular complexity index is 2700. The van der Waals surface area contributed by atoms with Crippen LogP contribution >= 0.6 is 11.1 Å². The topological polar surface area (TPSA) is 286 Å². The summed E-state index contributed by atoms with van der Waals surface area (Å²) in [5.41, 5.74) is 0. The van der Waals surface area contributed by atoms with Gasteiger partial charge in [-0.15, -0.1) is 6.58 Å². The molecule has 0 aliphatic heterocycles. The molecule has 25 nitrogen and oxygen atoms in total. The van der Waals surface area contributed by atoms with Crippen LogP contribution in [-0.2, 0) is 86.0 Å². The van der Waals surface area contributed by atoms with Crippen molar-refractivity contribution in [1.29, 1.82) is 0 Å². The quantitative estimate of drug-likeness (QED) is 0.0124. The van der Waals surface area contributed by atoms with Crippen molar-refractivity contribution in [2.75, 3.05) is 59.5 Å². The van der Waals surface area contributed by atoms with E-state index in [1.165, 1.54) is 32.7 Å². The Morgan fingerprint density at radius 2 is 0.500 bits per heavy atom. The third kappa shape index (κ3) is 99.1. The highest BCUT2D eigenvalue weighted by molar-refractivity contribution is 7.05. The van der Waals surface area contributed by atoms with Crippen LogP contribution < -0.4 is 0 Å². The maximum absolute atomic E-state index is 13.5. The number of alkyl halides is 12. The van der Waals surface area contributed by atoms with E-state index >= 15 is 0 Å². The number of aliphatic hydroxyl groups excluding tert-OH is 3. The Kier molecular flexibility index (Phi) is 71.4. The van der Waals surface area contributed by atoms with Gasteiger partial charge in [0.1, 0.15) is 8.11 Å². The van der Waals surface area contributed by atoms with Crippen molar-refractivity contribution in [2.45, 2.75) is 400 Å². The smallest absolute Gasteiger partial charge is 0.389 e. The van der Waals surface area contributed by atoms with Crippen molar-refractivity contribution in [3.8, 4) is 0 Å². The first-order chi connectivity index (χ1) is 57.6. The number of ether oxygens (including phenoxy) is 6. The average Bonchev–Trinajstić information content (AvgIpc) is 0.874. The van der Waals surface area contributed by atoms with Crippen molar-refractivity contribution in [2.24, 2.45) is 0 Å². The molecule has 790 valence electrons. The molecule has 130 heavy (non-hydrogen) atoms. The highest BCUT2D eigenvalue weighted by Crippen LogP contribution is 2.38. The standard InChI is InChI=1S/C30H69F3O10Si5.2C12H33F3O4Si5.C9H18O3.C8H21F3O4Si3.C2H7ClSi/c1-26(34)22-38-28(3)24-36-17-14-19-44(5,6)40-46(9,10)42-48(13,21-16-30(31,32)33)43-47(11,12)41-45(7,8)20-15-18-37-25-29(4)39-23-27(2)35;2*1-20(2)16-22(5,6)18-24(9,11-10-12(13,14)15)19-23(7,8)17-21(3)4;1-4-5-11-7-9(3)12-6-8(2)10;1-16(2,12)14-18(5,15-17(3,4)13)7-6-8(9,10)11;1-4(2)3/h26-29,34-35H,14-25H2,1-13H3;2*20-21H,10-11H2,1-9H3;4,8-10H,1,5-7H2,2-3H3;12-13H,6-7H2,1-5H3;4H,1-2H3. The molecule has 0 saturated carbocycles. The van der Waals surface area contributed by atoms with Gasteiger partial charge in [-0.3, -0.25) is 0 Å². The molecule has 57 heteroatoms. The van der Waals surface area contributed by atoms with Gasteiger partial charge in [-0.05, 0) is 300 Å². The van der Waals surface area contributed by atoms with Crippen molar-refractivity contribution < 1.29 is 164 Å². The SMILES string of the molecule is C=CCOCC(C)OCC(C)O.CC(O)COC(C)COCCC[Si](C)(C)O[Si](C)(C)O[Si](C)(CCC(F)(F)F)O[Si](C)(C)O[Si](C)(C)CCCOCC(C)OCC(C)O.C[SiH](C)Cl.C[SiH](C)O[Si](C)(C)O[Si](C)(CCC(F)(F)F)O[Si](C)(C)O[SiH](C)C.C[SiH](C)O[Si](C)(C)O[Si](C)(CCC(F)(F)F)O[Si](C)(C)O[SiH](C)C.C[Si](C)(O)O[Si](C)(CCC(F)(F)F)O[Si](C)(C)O. The molecule has 0 heterocycles. The van der Waals surface area contributed by atoms with E-state index in [0.717, 1.165) is 24.9 Å². The molecule has 0 aliphatic rings. The van der Waals surface area contributed by atoms with Crippen LogP contribution in [0.15, 0.2) is 12.7 Å². The van der Waals surface area contributed by atoms with Gasteiger partial charge in [0, 0.05) is 38.9 Å². The van der Waals surface area contributed by atoms with Crippen LogP contribution in [0.4, 0.5) is 52.7 Å². The van der Waals surface area contributed by atoms with E-state index in [9.17, 15) is 72.5 Å². The minimum atomic E-state index is -4.33. The number of hydrogen-bond acceptors (Lipinski definition) is 25. The third-order valence-electron chi connectivity index (χ3n) is 15.6. The Morgan fingerprint density at radius 3 is 0.677 bits per heavy atom. The summed E-state index contributed by atoms with van der Waals surface area (Å²) < 4.78 is 273. The molecule has 0 fully saturated rings. The second-order valence-electron chi connectivity index (χ2n) is 39.7. The minimum absolute atomic E-state index is 0.0274. The van der Waals surface area contributed by atoms with Gasteiger partial charge >= 0.3 is 127 Å². The molecule has 0 bridgehead atoms. The van der Waals surface area contributed by atoms with E-state index in [1.54, 1.807) is 46.5 Å². The van der Waals surface area contributed by atoms with Gasteiger partial charge < -0.3 is 111 Å². The fourth-order valence-electron chi connectivity index (χ4n) is 13.1. The van der Waals surface area contributed by atoms with Crippen LogP contribution in [-0.4, -0.2) is 309 Å². The molecule has 0 aromatic rings. The lowest BCUT2D eigenvalue weighted by Gasteiger charge is -2.44. The summed E-state index contributed by atoms with van der Waals surface area (Å²) in [7, 11) is -45.2. The Hall–Kier alpha value is 2.31. The lowest BCUT2D eigenvalue weighted by molar-refractivity contribution is -0.132. The molecule has 0 rings (SSSR count). The monoisotopic (exact) mass is 2250 g/mol. The zero-order chi connectivity index (χ0) is 104. The van der Waals surface area contributed by atoms with Crippen molar-refractivity contribution in [3.63, 3.8) is 0 Å². The van der Waals surface area contributed by atoms with E-state index in [1.807, 2.05) is 152 Å². The molecule has 0 radical (unpaired) electrons. The summed E-state index contributed by atoms with van der Waals surface area (Å²) in [5.74, 6) is 0. The zero-order valence-electron chi connectivity index (χ0n) is 86.8. The molecular formula is C73H181ClF12O25Si19. The average molecular weight is 2260 g/mol. The Morgan fingerprint density at radius 1 is 0.308 bits per heavy atom. The highest BCUT2D eigenvalue weighted by atomic mass is 35.6. The fourth-order valence-corrected chi connectivity index (χ4v) is 90.1. The lowest BCUT2D eigenvalue weighted by atomic mass is 10.4. The van der Waals surface area contributed by atoms with Crippen LogP contribution in [0.25, 0.3) is 0 Å². The van der Waals surface area contributed by atoms with Crippen molar-refractivity contribution in [1.82, 2.24) is 0 Å². The second-order valence-corrected chi connectivity index (χ2v) is 106. The molecule has 0 spiro atoms. The number of rotatable bonds is 61. The van der Waals surface area contributed by atoms with E-state index in [-0.39, 0.29) is 55.7 Å². The predicted molar refractivity (Wildman–Crippen MR) is 546 cm³/mol. The van der Waals surface area contributed by atoms with Crippen LogP contribution in [0, 0.1) is 0 Å². The first-order valence-electron chi connectivity index (χ1n) is 44.9.